The SMILES string of the molecule is N#Cc1c[c]c(CCBr)cc1Cl. The molecule has 0 spiro atoms. The highest BCUT2D eigenvalue weighted by atomic mass is 79.9. The lowest BCUT2D eigenvalue weighted by molar-refractivity contribution is 1.16. The first kappa shape index (κ1) is 9.57. The molecule has 0 saturated carbocycles. The maximum Gasteiger partial charge on any atom is 0.101 e. The van der Waals surface area contributed by atoms with Crippen LogP contribution in [0.2, 0.25) is 5.02 Å². The van der Waals surface area contributed by atoms with Crippen LogP contribution in [0.5, 0.6) is 0 Å². The van der Waals surface area contributed by atoms with E-state index in [0.717, 1.165) is 17.3 Å². The van der Waals surface area contributed by atoms with E-state index in [0.29, 0.717) is 10.6 Å². The van der Waals surface area contributed by atoms with Crippen LogP contribution < -0.4 is 0 Å². The van der Waals surface area contributed by atoms with Gasteiger partial charge in [-0.25, -0.2) is 0 Å². The van der Waals surface area contributed by atoms with Crippen molar-refractivity contribution < 1.29 is 0 Å². The third-order valence-electron chi connectivity index (χ3n) is 1.44. The molecule has 12 heavy (non-hydrogen) atoms. The Hall–Kier alpha value is -0.520. The zero-order valence-corrected chi connectivity index (χ0v) is 8.61. The van der Waals surface area contributed by atoms with Crippen LogP contribution in [0.1, 0.15) is 11.1 Å². The standard InChI is InChI=1S/C9H6BrClN/c10-4-3-7-1-2-8(6-12)9(11)5-7/h2,5H,3-4H2. The quantitative estimate of drug-likeness (QED) is 0.733. The monoisotopic (exact) mass is 242 g/mol. The topological polar surface area (TPSA) is 23.8 Å². The van der Waals surface area contributed by atoms with E-state index in [1.165, 1.54) is 0 Å². The minimum atomic E-state index is 0.481. The summed E-state index contributed by atoms with van der Waals surface area (Å²) in [6.07, 6.45) is 0.880. The molecule has 0 aromatic heterocycles. The molecule has 0 aliphatic carbocycles. The number of rotatable bonds is 2. The van der Waals surface area contributed by atoms with Crippen molar-refractivity contribution in [2.24, 2.45) is 0 Å². The van der Waals surface area contributed by atoms with Crippen molar-refractivity contribution in [3.8, 4) is 6.07 Å². The molecule has 1 aromatic rings. The van der Waals surface area contributed by atoms with Gasteiger partial charge >= 0.3 is 0 Å². The van der Waals surface area contributed by atoms with Gasteiger partial charge in [0.25, 0.3) is 0 Å². The van der Waals surface area contributed by atoms with Crippen LogP contribution in [0, 0.1) is 17.4 Å². The number of hydrogen-bond donors (Lipinski definition) is 0. The van der Waals surface area contributed by atoms with Gasteiger partial charge in [0.2, 0.25) is 0 Å². The van der Waals surface area contributed by atoms with Crippen LogP contribution in [-0.2, 0) is 6.42 Å². The van der Waals surface area contributed by atoms with Crippen molar-refractivity contribution in [2.45, 2.75) is 6.42 Å². The Balaban J connectivity index is 2.96. The van der Waals surface area contributed by atoms with Gasteiger partial charge in [-0.15, -0.1) is 0 Å². The minimum absolute atomic E-state index is 0.481. The lowest BCUT2D eigenvalue weighted by Crippen LogP contribution is -1.87. The highest BCUT2D eigenvalue weighted by Gasteiger charge is 2.00. The molecule has 1 nitrogen and oxygen atoms in total. The number of alkyl halides is 1. The Morgan fingerprint density at radius 1 is 1.67 bits per heavy atom. The first-order valence-corrected chi connectivity index (χ1v) is 4.94. The average Bonchev–Trinajstić information content (AvgIpc) is 2.05. The summed E-state index contributed by atoms with van der Waals surface area (Å²) in [6, 6.07) is 8.39. The van der Waals surface area contributed by atoms with Gasteiger partial charge in [0, 0.05) is 5.33 Å². The molecule has 0 unspecified atom stereocenters. The summed E-state index contributed by atoms with van der Waals surface area (Å²) in [7, 11) is 0. The molecule has 0 N–H and O–H groups in total. The molecule has 1 rings (SSSR count). The van der Waals surface area contributed by atoms with Gasteiger partial charge in [-0.3, -0.25) is 0 Å². The summed E-state index contributed by atoms with van der Waals surface area (Å²) in [5.74, 6) is 0. The predicted octanol–water partition coefficient (Wildman–Crippen LogP) is 2.95. The van der Waals surface area contributed by atoms with Crippen molar-refractivity contribution in [3.05, 3.63) is 34.3 Å². The lowest BCUT2D eigenvalue weighted by atomic mass is 10.1. The van der Waals surface area contributed by atoms with E-state index in [2.05, 4.69) is 22.0 Å². The number of halogens is 2. The van der Waals surface area contributed by atoms with E-state index < -0.39 is 0 Å². The Bertz CT molecular complexity index is 317. The molecule has 61 valence electrons. The fourth-order valence-electron chi connectivity index (χ4n) is 0.838. The second-order valence-electron chi connectivity index (χ2n) is 2.27. The van der Waals surface area contributed by atoms with Crippen molar-refractivity contribution in [1.82, 2.24) is 0 Å². The zero-order chi connectivity index (χ0) is 8.97. The van der Waals surface area contributed by atoms with Crippen molar-refractivity contribution in [3.63, 3.8) is 0 Å². The minimum Gasteiger partial charge on any atom is -0.192 e. The third-order valence-corrected chi connectivity index (χ3v) is 2.15. The van der Waals surface area contributed by atoms with Gasteiger partial charge in [-0.1, -0.05) is 27.5 Å². The molecule has 0 bridgehead atoms. The Kier molecular flexibility index (Phi) is 3.58. The molecular weight excluding hydrogens is 237 g/mol. The van der Waals surface area contributed by atoms with E-state index in [9.17, 15) is 0 Å². The molecule has 1 radical (unpaired) electrons. The van der Waals surface area contributed by atoms with Gasteiger partial charge in [0.1, 0.15) is 6.07 Å². The second-order valence-corrected chi connectivity index (χ2v) is 3.47. The highest BCUT2D eigenvalue weighted by Crippen LogP contribution is 2.16. The van der Waals surface area contributed by atoms with Crippen molar-refractivity contribution in [2.75, 3.05) is 5.33 Å². The molecule has 0 atom stereocenters. The summed E-state index contributed by atoms with van der Waals surface area (Å²) < 4.78 is 0. The van der Waals surface area contributed by atoms with Crippen molar-refractivity contribution in [1.29, 1.82) is 5.26 Å². The number of hydrogen-bond acceptors (Lipinski definition) is 1. The molecule has 0 aliphatic rings. The predicted molar refractivity (Wildman–Crippen MR) is 52.5 cm³/mol. The van der Waals surface area contributed by atoms with Gasteiger partial charge < -0.3 is 0 Å². The van der Waals surface area contributed by atoms with Gasteiger partial charge in [0.05, 0.1) is 10.6 Å². The Labute approximate surface area is 85.1 Å². The zero-order valence-electron chi connectivity index (χ0n) is 6.27. The smallest absolute Gasteiger partial charge is 0.101 e. The van der Waals surface area contributed by atoms with E-state index in [1.807, 2.05) is 6.07 Å². The van der Waals surface area contributed by atoms with Crippen LogP contribution in [-0.4, -0.2) is 5.33 Å². The summed E-state index contributed by atoms with van der Waals surface area (Å²) in [6.45, 7) is 0. The van der Waals surface area contributed by atoms with E-state index >= 15 is 0 Å². The fourth-order valence-corrected chi connectivity index (χ4v) is 1.49. The van der Waals surface area contributed by atoms with Crippen LogP contribution in [0.3, 0.4) is 0 Å². The molecule has 0 heterocycles. The normalized spacial score (nSPS) is 9.42. The number of nitrogens with zero attached hydrogens (tertiary/aromatic N) is 1. The van der Waals surface area contributed by atoms with E-state index in [4.69, 9.17) is 16.9 Å². The first-order valence-electron chi connectivity index (χ1n) is 3.44. The number of nitriles is 1. The van der Waals surface area contributed by atoms with E-state index in [1.54, 1.807) is 12.1 Å². The lowest BCUT2D eigenvalue weighted by Gasteiger charge is -1.98. The third kappa shape index (κ3) is 2.23. The van der Waals surface area contributed by atoms with Gasteiger partial charge in [-0.2, -0.15) is 5.26 Å². The molecule has 0 saturated heterocycles. The molecule has 1 aromatic carbocycles. The number of benzene rings is 1. The van der Waals surface area contributed by atoms with Crippen LogP contribution in [0.25, 0.3) is 0 Å². The first-order chi connectivity index (χ1) is 5.77. The molecule has 0 aliphatic heterocycles. The fraction of sp³-hybridized carbons (Fsp3) is 0.222. The van der Waals surface area contributed by atoms with Crippen molar-refractivity contribution >= 4 is 27.5 Å². The molecule has 0 amide bonds. The molecular formula is C9H6BrClN. The summed E-state index contributed by atoms with van der Waals surface area (Å²) in [4.78, 5) is 0. The maximum atomic E-state index is 8.58. The largest absolute Gasteiger partial charge is 0.192 e. The Morgan fingerprint density at radius 3 is 2.92 bits per heavy atom. The highest BCUT2D eigenvalue weighted by molar-refractivity contribution is 9.09. The average molecular weight is 244 g/mol. The summed E-state index contributed by atoms with van der Waals surface area (Å²) in [5, 5.41) is 9.96. The van der Waals surface area contributed by atoms with Crippen LogP contribution in [0.15, 0.2) is 12.1 Å². The van der Waals surface area contributed by atoms with Gasteiger partial charge in [-0.05, 0) is 30.2 Å². The van der Waals surface area contributed by atoms with Crippen LogP contribution in [0.4, 0.5) is 0 Å². The summed E-state index contributed by atoms with van der Waals surface area (Å²) >= 11 is 9.13. The molecule has 3 heteroatoms. The van der Waals surface area contributed by atoms with E-state index in [-0.39, 0.29) is 0 Å². The van der Waals surface area contributed by atoms with Crippen LogP contribution >= 0.6 is 27.5 Å². The second kappa shape index (κ2) is 4.49. The maximum absolute atomic E-state index is 8.58. The van der Waals surface area contributed by atoms with Gasteiger partial charge in [0.15, 0.2) is 0 Å². The number of aryl methyl sites for hydroxylation is 1. The Morgan fingerprint density at radius 2 is 2.42 bits per heavy atom. The molecule has 0 fully saturated rings. The summed E-state index contributed by atoms with van der Waals surface area (Å²) in [5.41, 5.74) is 1.51.